The van der Waals surface area contributed by atoms with Gasteiger partial charge in [0, 0.05) is 0 Å². The van der Waals surface area contributed by atoms with E-state index in [9.17, 15) is 21.6 Å². The molecular formula is C12H15F3O3S. The van der Waals surface area contributed by atoms with Crippen LogP contribution in [0.3, 0.4) is 0 Å². The molecule has 0 heterocycles. The minimum atomic E-state index is -5.62. The van der Waals surface area contributed by atoms with Crippen molar-refractivity contribution in [2.24, 2.45) is 0 Å². The van der Waals surface area contributed by atoms with Crippen LogP contribution in [0.4, 0.5) is 13.2 Å². The zero-order chi connectivity index (χ0) is 15.1. The first kappa shape index (κ1) is 15.8. The summed E-state index contributed by atoms with van der Waals surface area (Å²) in [7, 11) is -5.62. The first-order valence-electron chi connectivity index (χ1n) is 5.46. The number of halogens is 3. The standard InChI is InChI=1S/C12H15F3O3S/c1-8-7-9(11(2,3)4)5-6-10(8)18-19(16,17)12(13,14)15/h5-7H,1-4H3. The van der Waals surface area contributed by atoms with E-state index >= 15 is 0 Å². The first-order chi connectivity index (χ1) is 8.34. The topological polar surface area (TPSA) is 43.4 Å². The summed E-state index contributed by atoms with van der Waals surface area (Å²) in [5.74, 6) is -0.315. The SMILES string of the molecule is Cc1cc(C(C)(C)C)ccc1OS(=O)(=O)C(F)(F)F. The van der Waals surface area contributed by atoms with Gasteiger partial charge in [-0.25, -0.2) is 0 Å². The average Bonchev–Trinajstić information content (AvgIpc) is 2.17. The predicted molar refractivity (Wildman–Crippen MR) is 65.5 cm³/mol. The van der Waals surface area contributed by atoms with Crippen molar-refractivity contribution in [3.8, 4) is 5.75 Å². The lowest BCUT2D eigenvalue weighted by atomic mass is 9.86. The number of aryl methyl sites for hydroxylation is 1. The second-order valence-corrected chi connectivity index (χ2v) is 6.75. The molecule has 7 heteroatoms. The maximum absolute atomic E-state index is 12.2. The van der Waals surface area contributed by atoms with Gasteiger partial charge in [0.1, 0.15) is 5.75 Å². The van der Waals surface area contributed by atoms with Gasteiger partial charge in [-0.1, -0.05) is 32.9 Å². The van der Waals surface area contributed by atoms with Gasteiger partial charge in [-0.15, -0.1) is 0 Å². The van der Waals surface area contributed by atoms with E-state index in [4.69, 9.17) is 0 Å². The van der Waals surface area contributed by atoms with Crippen molar-refractivity contribution < 1.29 is 25.8 Å². The molecule has 1 aromatic carbocycles. The third-order valence-corrected chi connectivity index (χ3v) is 3.49. The van der Waals surface area contributed by atoms with Crippen LogP contribution in [-0.4, -0.2) is 13.9 Å². The van der Waals surface area contributed by atoms with Crippen LogP contribution in [0.15, 0.2) is 18.2 Å². The molecule has 0 bridgehead atoms. The first-order valence-corrected chi connectivity index (χ1v) is 6.87. The highest BCUT2D eigenvalue weighted by Gasteiger charge is 2.48. The molecule has 0 aromatic heterocycles. The molecule has 0 atom stereocenters. The molecule has 1 rings (SSSR count). The third-order valence-electron chi connectivity index (χ3n) is 2.52. The monoisotopic (exact) mass is 296 g/mol. The molecule has 3 nitrogen and oxygen atoms in total. The molecule has 0 unspecified atom stereocenters. The Morgan fingerprint density at radius 3 is 2.00 bits per heavy atom. The Morgan fingerprint density at radius 1 is 1.11 bits per heavy atom. The third kappa shape index (κ3) is 3.62. The molecule has 0 spiro atoms. The Labute approximate surface area is 110 Å². The van der Waals surface area contributed by atoms with Gasteiger partial charge in [0.25, 0.3) is 0 Å². The number of hydrogen-bond acceptors (Lipinski definition) is 3. The van der Waals surface area contributed by atoms with Crippen molar-refractivity contribution in [3.05, 3.63) is 29.3 Å². The smallest absolute Gasteiger partial charge is 0.376 e. The highest BCUT2D eigenvalue weighted by molar-refractivity contribution is 7.88. The van der Waals surface area contributed by atoms with Gasteiger partial charge in [-0.2, -0.15) is 21.6 Å². The van der Waals surface area contributed by atoms with Gasteiger partial charge in [0.15, 0.2) is 0 Å². The molecule has 0 radical (unpaired) electrons. The van der Waals surface area contributed by atoms with Crippen LogP contribution in [0, 0.1) is 6.92 Å². The van der Waals surface area contributed by atoms with E-state index in [2.05, 4.69) is 4.18 Å². The average molecular weight is 296 g/mol. The summed E-state index contributed by atoms with van der Waals surface area (Å²) in [6, 6.07) is 4.40. The molecule has 0 fully saturated rings. The summed E-state index contributed by atoms with van der Waals surface area (Å²) in [6.45, 7) is 7.31. The van der Waals surface area contributed by atoms with Crippen LogP contribution in [0.5, 0.6) is 5.75 Å². The lowest BCUT2D eigenvalue weighted by Gasteiger charge is -2.20. The largest absolute Gasteiger partial charge is 0.534 e. The molecule has 108 valence electrons. The summed E-state index contributed by atoms with van der Waals surface area (Å²) in [5.41, 5.74) is -4.41. The van der Waals surface area contributed by atoms with E-state index in [1.165, 1.54) is 13.0 Å². The van der Waals surface area contributed by atoms with Crippen molar-refractivity contribution in [1.82, 2.24) is 0 Å². The summed E-state index contributed by atoms with van der Waals surface area (Å²) in [5, 5.41) is 0. The lowest BCUT2D eigenvalue weighted by molar-refractivity contribution is -0.0500. The van der Waals surface area contributed by atoms with Gasteiger partial charge in [-0.3, -0.25) is 0 Å². The zero-order valence-corrected chi connectivity index (χ0v) is 11.8. The fourth-order valence-electron chi connectivity index (χ4n) is 1.37. The van der Waals surface area contributed by atoms with E-state index in [-0.39, 0.29) is 11.2 Å². The molecule has 0 aliphatic carbocycles. The molecule has 19 heavy (non-hydrogen) atoms. The highest BCUT2D eigenvalue weighted by Crippen LogP contribution is 2.31. The molecule has 0 N–H and O–H groups in total. The highest BCUT2D eigenvalue weighted by atomic mass is 32.2. The summed E-state index contributed by atoms with van der Waals surface area (Å²) in [4.78, 5) is 0. The number of alkyl halides is 3. The van der Waals surface area contributed by atoms with E-state index < -0.39 is 15.6 Å². The van der Waals surface area contributed by atoms with Gasteiger partial charge in [0.2, 0.25) is 0 Å². The van der Waals surface area contributed by atoms with E-state index in [0.29, 0.717) is 5.56 Å². The van der Waals surface area contributed by atoms with E-state index in [1.807, 2.05) is 20.8 Å². The van der Waals surface area contributed by atoms with Crippen molar-refractivity contribution in [2.75, 3.05) is 0 Å². The molecule has 0 saturated heterocycles. The van der Waals surface area contributed by atoms with Crippen molar-refractivity contribution in [1.29, 1.82) is 0 Å². The van der Waals surface area contributed by atoms with Gasteiger partial charge in [0.05, 0.1) is 0 Å². The fourth-order valence-corrected chi connectivity index (χ4v) is 1.89. The fraction of sp³-hybridized carbons (Fsp3) is 0.500. The Bertz CT molecular complexity index is 569. The second-order valence-electron chi connectivity index (χ2n) is 5.21. The van der Waals surface area contributed by atoms with Crippen LogP contribution in [0.25, 0.3) is 0 Å². The van der Waals surface area contributed by atoms with Gasteiger partial charge >= 0.3 is 15.6 Å². The number of rotatable bonds is 2. The Hall–Kier alpha value is -1.24. The molecule has 0 saturated carbocycles. The number of benzene rings is 1. The minimum absolute atomic E-state index is 0.188. The molecule has 0 aliphatic rings. The summed E-state index contributed by atoms with van der Waals surface area (Å²) < 4.78 is 62.5. The minimum Gasteiger partial charge on any atom is -0.376 e. The molecule has 0 aliphatic heterocycles. The quantitative estimate of drug-likeness (QED) is 0.619. The van der Waals surface area contributed by atoms with Crippen molar-refractivity contribution in [3.63, 3.8) is 0 Å². The van der Waals surface area contributed by atoms with Gasteiger partial charge < -0.3 is 4.18 Å². The molecule has 1 aromatic rings. The Kier molecular flexibility index (Phi) is 3.91. The van der Waals surface area contributed by atoms with Crippen molar-refractivity contribution >= 4 is 10.1 Å². The Morgan fingerprint density at radius 2 is 1.63 bits per heavy atom. The predicted octanol–water partition coefficient (Wildman–Crippen LogP) is 3.52. The number of hydrogen-bond donors (Lipinski definition) is 0. The van der Waals surface area contributed by atoms with Crippen LogP contribution >= 0.6 is 0 Å². The maximum Gasteiger partial charge on any atom is 0.534 e. The van der Waals surface area contributed by atoms with E-state index in [0.717, 1.165) is 5.56 Å². The molecular weight excluding hydrogens is 281 g/mol. The maximum atomic E-state index is 12.2. The van der Waals surface area contributed by atoms with Crippen LogP contribution in [-0.2, 0) is 15.5 Å². The summed E-state index contributed by atoms with van der Waals surface area (Å²) in [6.07, 6.45) is 0. The zero-order valence-electron chi connectivity index (χ0n) is 11.0. The second kappa shape index (κ2) is 4.70. The summed E-state index contributed by atoms with van der Waals surface area (Å²) >= 11 is 0. The van der Waals surface area contributed by atoms with Crippen LogP contribution < -0.4 is 4.18 Å². The Balaban J connectivity index is 3.13. The lowest BCUT2D eigenvalue weighted by Crippen LogP contribution is -2.28. The van der Waals surface area contributed by atoms with Crippen molar-refractivity contribution in [2.45, 2.75) is 38.6 Å². The molecule has 0 amide bonds. The van der Waals surface area contributed by atoms with Crippen LogP contribution in [0.2, 0.25) is 0 Å². The van der Waals surface area contributed by atoms with Gasteiger partial charge in [-0.05, 0) is 29.5 Å². The van der Waals surface area contributed by atoms with E-state index in [1.54, 1.807) is 12.1 Å². The van der Waals surface area contributed by atoms with Crippen LogP contribution in [0.1, 0.15) is 31.9 Å². The normalized spacial score (nSPS) is 13.4.